The van der Waals surface area contributed by atoms with E-state index in [0.717, 1.165) is 12.8 Å². The van der Waals surface area contributed by atoms with Crippen LogP contribution in [0.5, 0.6) is 0 Å². The first-order valence-electron chi connectivity index (χ1n) is 7.51. The van der Waals surface area contributed by atoms with Crippen LogP contribution in [0.4, 0.5) is 0 Å². The molecule has 2 aromatic carbocycles. The summed E-state index contributed by atoms with van der Waals surface area (Å²) < 4.78 is 1.51. The maximum absolute atomic E-state index is 3.18. The Bertz CT molecular complexity index is 643. The molecule has 0 bridgehead atoms. The molecule has 0 N–H and O–H groups in total. The van der Waals surface area contributed by atoms with E-state index in [9.17, 15) is 0 Å². The first-order chi connectivity index (χ1) is 10.7. The standard InChI is InChI=1S/2C9H7.C3H6.2ClH.Zr/c2*1-2-5-9-7-3-6-8(9)4-1;1-3-2;;;/h2*1-5H,6H2;1-2H3;2*1H;/q2*-1;;;;+2/p-2. The summed E-state index contributed by atoms with van der Waals surface area (Å²) in [5.41, 5.74) is 5.32. The Morgan fingerprint density at radius 2 is 1.08 bits per heavy atom. The maximum atomic E-state index is 3.18. The predicted molar refractivity (Wildman–Crippen MR) is 90.5 cm³/mol. The van der Waals surface area contributed by atoms with Crippen molar-refractivity contribution in [3.8, 4) is 0 Å². The van der Waals surface area contributed by atoms with E-state index < -0.39 is 0 Å². The van der Waals surface area contributed by atoms with Crippen molar-refractivity contribution in [1.29, 1.82) is 0 Å². The SMILES string of the molecule is C[C](C)=[Zr+2].[C-]1=CCc2ccccc21.[C-]1=CCc2ccccc21.[Cl-].[Cl-]. The van der Waals surface area contributed by atoms with Crippen molar-refractivity contribution < 1.29 is 49.0 Å². The van der Waals surface area contributed by atoms with Crippen molar-refractivity contribution in [1.82, 2.24) is 0 Å². The van der Waals surface area contributed by atoms with Gasteiger partial charge in [-0.2, -0.15) is 47.6 Å². The molecule has 0 saturated carbocycles. The number of benzene rings is 2. The van der Waals surface area contributed by atoms with Crippen LogP contribution in [-0.4, -0.2) is 3.21 Å². The van der Waals surface area contributed by atoms with Crippen LogP contribution in [0.25, 0.3) is 0 Å². The molecule has 2 aromatic rings. The molecule has 124 valence electrons. The minimum absolute atomic E-state index is 0. The van der Waals surface area contributed by atoms with Crippen molar-refractivity contribution in [2.45, 2.75) is 26.7 Å². The zero-order valence-corrected chi connectivity index (χ0v) is 17.9. The third kappa shape index (κ3) is 7.88. The van der Waals surface area contributed by atoms with E-state index in [1.54, 1.807) is 24.2 Å². The Labute approximate surface area is 173 Å². The monoisotopic (exact) mass is 432 g/mol. The summed E-state index contributed by atoms with van der Waals surface area (Å²) in [5.74, 6) is 0. The molecule has 0 saturated heterocycles. The van der Waals surface area contributed by atoms with Crippen LogP contribution in [0.1, 0.15) is 36.1 Å². The Kier molecular flexibility index (Phi) is 12.2. The van der Waals surface area contributed by atoms with Crippen molar-refractivity contribution in [3.63, 3.8) is 0 Å². The molecular weight excluding hydrogens is 414 g/mol. The van der Waals surface area contributed by atoms with Gasteiger partial charge in [-0.3, -0.25) is 0 Å². The molecule has 0 radical (unpaired) electrons. The zero-order chi connectivity index (χ0) is 15.8. The molecule has 2 aliphatic carbocycles. The third-order valence-electron chi connectivity index (χ3n) is 3.19. The average molecular weight is 435 g/mol. The maximum Gasteiger partial charge on any atom is -0.0667 e. The molecule has 0 aliphatic heterocycles. The van der Waals surface area contributed by atoms with Gasteiger partial charge < -0.3 is 24.8 Å². The van der Waals surface area contributed by atoms with Gasteiger partial charge in [0.2, 0.25) is 0 Å². The van der Waals surface area contributed by atoms with Gasteiger partial charge in [0.05, 0.1) is 0 Å². The predicted octanol–water partition coefficient (Wildman–Crippen LogP) is -1.35. The van der Waals surface area contributed by atoms with E-state index >= 15 is 0 Å². The van der Waals surface area contributed by atoms with Gasteiger partial charge >= 0.3 is 41.3 Å². The number of allylic oxidation sites excluding steroid dienone is 2. The fourth-order valence-electron chi connectivity index (χ4n) is 2.22. The van der Waals surface area contributed by atoms with E-state index in [1.807, 2.05) is 12.1 Å². The summed E-state index contributed by atoms with van der Waals surface area (Å²) >= 11 is 1.55. The fourth-order valence-corrected chi connectivity index (χ4v) is 2.22. The zero-order valence-electron chi connectivity index (χ0n) is 13.9. The second kappa shape index (κ2) is 12.6. The summed E-state index contributed by atoms with van der Waals surface area (Å²) in [6, 6.07) is 16.7. The van der Waals surface area contributed by atoms with Crippen molar-refractivity contribution >= 4 is 3.21 Å². The first-order valence-corrected chi connectivity index (χ1v) is 8.73. The second-order valence-corrected chi connectivity index (χ2v) is 7.88. The van der Waals surface area contributed by atoms with E-state index in [2.05, 4.69) is 74.5 Å². The van der Waals surface area contributed by atoms with Crippen LogP contribution in [0.3, 0.4) is 0 Å². The summed E-state index contributed by atoms with van der Waals surface area (Å²) in [5, 5.41) is 0. The Hall–Kier alpha value is -0.747. The number of fused-ring (bicyclic) bond motifs is 2. The molecule has 24 heavy (non-hydrogen) atoms. The quantitative estimate of drug-likeness (QED) is 0.450. The molecule has 0 atom stereocenters. The van der Waals surface area contributed by atoms with Crippen LogP contribution >= 0.6 is 0 Å². The Morgan fingerprint density at radius 1 is 0.750 bits per heavy atom. The van der Waals surface area contributed by atoms with Crippen LogP contribution in [0.2, 0.25) is 0 Å². The van der Waals surface area contributed by atoms with E-state index in [0.29, 0.717) is 0 Å². The van der Waals surface area contributed by atoms with Crippen molar-refractivity contribution in [2.24, 2.45) is 0 Å². The van der Waals surface area contributed by atoms with Gasteiger partial charge in [-0.15, -0.1) is 35.4 Å². The van der Waals surface area contributed by atoms with Gasteiger partial charge in [0, 0.05) is 0 Å². The number of halogens is 2. The Balaban J connectivity index is 0.000000341. The molecule has 4 rings (SSSR count). The van der Waals surface area contributed by atoms with E-state index in [-0.39, 0.29) is 24.8 Å². The smallest absolute Gasteiger partial charge is 0.0667 e. The van der Waals surface area contributed by atoms with Crippen LogP contribution < -0.4 is 24.8 Å². The molecule has 3 heteroatoms. The average Bonchev–Trinajstić information content (AvgIpc) is 3.16. The molecule has 2 aliphatic rings. The van der Waals surface area contributed by atoms with Gasteiger partial charge in [0.15, 0.2) is 0 Å². The van der Waals surface area contributed by atoms with E-state index in [4.69, 9.17) is 0 Å². The van der Waals surface area contributed by atoms with Crippen LogP contribution in [-0.2, 0) is 37.1 Å². The number of rotatable bonds is 0. The van der Waals surface area contributed by atoms with Crippen LogP contribution in [0, 0.1) is 12.2 Å². The largest absolute Gasteiger partial charge is 1.00 e. The molecule has 0 heterocycles. The fraction of sp³-hybridized carbons (Fsp3) is 0.190. The minimum Gasteiger partial charge on any atom is -1.00 e. The van der Waals surface area contributed by atoms with Gasteiger partial charge in [-0.25, -0.2) is 0 Å². The van der Waals surface area contributed by atoms with Gasteiger partial charge in [-0.05, 0) is 0 Å². The summed E-state index contributed by atoms with van der Waals surface area (Å²) in [6.07, 6.45) is 12.6. The van der Waals surface area contributed by atoms with Gasteiger partial charge in [0.1, 0.15) is 0 Å². The second-order valence-electron chi connectivity index (χ2n) is 5.42. The molecule has 0 aromatic heterocycles. The summed E-state index contributed by atoms with van der Waals surface area (Å²) in [7, 11) is 0. The molecular formula is C21H20Cl2Zr-2. The van der Waals surface area contributed by atoms with Crippen LogP contribution in [0.15, 0.2) is 60.7 Å². The molecule has 0 unspecified atom stereocenters. The first kappa shape index (κ1) is 23.3. The molecule has 0 nitrogen and oxygen atoms in total. The van der Waals surface area contributed by atoms with Gasteiger partial charge in [0.25, 0.3) is 0 Å². The summed E-state index contributed by atoms with van der Waals surface area (Å²) in [4.78, 5) is 0. The van der Waals surface area contributed by atoms with Crippen molar-refractivity contribution in [2.75, 3.05) is 0 Å². The Morgan fingerprint density at radius 3 is 1.42 bits per heavy atom. The third-order valence-corrected chi connectivity index (χ3v) is 3.19. The van der Waals surface area contributed by atoms with Crippen molar-refractivity contribution in [3.05, 3.63) is 95.1 Å². The molecule has 0 fully saturated rings. The summed E-state index contributed by atoms with van der Waals surface area (Å²) in [6.45, 7) is 4.25. The normalized spacial score (nSPS) is 11.5. The van der Waals surface area contributed by atoms with Gasteiger partial charge in [-0.1, -0.05) is 25.0 Å². The molecule has 0 amide bonds. The topological polar surface area (TPSA) is 0 Å². The minimum atomic E-state index is 0. The number of hydrogen-bond donors (Lipinski definition) is 0. The van der Waals surface area contributed by atoms with E-state index in [1.165, 1.54) is 25.5 Å². The number of hydrogen-bond acceptors (Lipinski definition) is 0. The molecule has 0 spiro atoms.